The summed E-state index contributed by atoms with van der Waals surface area (Å²) in [6.45, 7) is 3.35. The van der Waals surface area contributed by atoms with Crippen LogP contribution in [0.1, 0.15) is 29.8 Å². The van der Waals surface area contributed by atoms with Gasteiger partial charge in [0.1, 0.15) is 0 Å². The third-order valence-electron chi connectivity index (χ3n) is 3.86. The van der Waals surface area contributed by atoms with E-state index in [1.165, 1.54) is 11.8 Å². The second kappa shape index (κ2) is 11.1. The SMILES string of the molecule is CCSc1ccccc1C(=O)OCC(=O)NCC(=O)Nc1ccccc1CC. The Kier molecular flexibility index (Phi) is 8.55. The van der Waals surface area contributed by atoms with Crippen LogP contribution in [0.15, 0.2) is 53.4 Å². The van der Waals surface area contributed by atoms with Crippen LogP contribution in [0.4, 0.5) is 5.69 Å². The van der Waals surface area contributed by atoms with Crippen molar-refractivity contribution in [2.45, 2.75) is 25.2 Å². The zero-order chi connectivity index (χ0) is 20.4. The summed E-state index contributed by atoms with van der Waals surface area (Å²) in [5.41, 5.74) is 2.16. The number of thioether (sulfide) groups is 1. The quantitative estimate of drug-likeness (QED) is 0.498. The minimum Gasteiger partial charge on any atom is -0.452 e. The lowest BCUT2D eigenvalue weighted by Gasteiger charge is -2.11. The summed E-state index contributed by atoms with van der Waals surface area (Å²) >= 11 is 1.53. The standard InChI is InChI=1S/C21H24N2O4S/c1-3-15-9-5-7-11-17(15)23-19(24)13-22-20(25)14-27-21(26)16-10-6-8-12-18(16)28-4-2/h5-12H,3-4,13-14H2,1-2H3,(H,22,25)(H,23,24). The van der Waals surface area contributed by atoms with E-state index in [9.17, 15) is 14.4 Å². The number of anilines is 1. The number of nitrogens with one attached hydrogen (secondary N) is 2. The van der Waals surface area contributed by atoms with Gasteiger partial charge in [-0.2, -0.15) is 0 Å². The van der Waals surface area contributed by atoms with E-state index in [0.717, 1.165) is 28.3 Å². The van der Waals surface area contributed by atoms with Gasteiger partial charge in [0.05, 0.1) is 12.1 Å². The summed E-state index contributed by atoms with van der Waals surface area (Å²) in [5, 5.41) is 5.22. The van der Waals surface area contributed by atoms with Crippen molar-refractivity contribution in [2.75, 3.05) is 24.2 Å². The van der Waals surface area contributed by atoms with E-state index < -0.39 is 18.5 Å². The molecule has 2 aromatic rings. The number of carbonyl (C=O) groups excluding carboxylic acids is 3. The molecule has 0 saturated carbocycles. The molecule has 148 valence electrons. The molecule has 2 rings (SSSR count). The normalized spacial score (nSPS) is 10.2. The summed E-state index contributed by atoms with van der Waals surface area (Å²) in [7, 11) is 0. The number of benzene rings is 2. The van der Waals surface area contributed by atoms with Gasteiger partial charge in [0, 0.05) is 10.6 Å². The molecule has 28 heavy (non-hydrogen) atoms. The lowest BCUT2D eigenvalue weighted by Crippen LogP contribution is -2.35. The first-order chi connectivity index (χ1) is 13.5. The highest BCUT2D eigenvalue weighted by Gasteiger charge is 2.15. The molecule has 2 aromatic carbocycles. The minimum absolute atomic E-state index is 0.198. The van der Waals surface area contributed by atoms with Gasteiger partial charge in [0.2, 0.25) is 5.91 Å². The van der Waals surface area contributed by atoms with Gasteiger partial charge in [0.15, 0.2) is 6.61 Å². The number of rotatable bonds is 9. The second-order valence-electron chi connectivity index (χ2n) is 5.84. The number of aryl methyl sites for hydroxylation is 1. The highest BCUT2D eigenvalue weighted by atomic mass is 32.2. The van der Waals surface area contributed by atoms with Crippen molar-refractivity contribution in [2.24, 2.45) is 0 Å². The van der Waals surface area contributed by atoms with Crippen molar-refractivity contribution in [3.05, 3.63) is 59.7 Å². The van der Waals surface area contributed by atoms with Crippen LogP contribution < -0.4 is 10.6 Å². The number of carbonyl (C=O) groups is 3. The Hall–Kier alpha value is -2.80. The van der Waals surface area contributed by atoms with Crippen molar-refractivity contribution in [3.8, 4) is 0 Å². The zero-order valence-corrected chi connectivity index (χ0v) is 16.8. The fourth-order valence-electron chi connectivity index (χ4n) is 2.50. The molecule has 0 fully saturated rings. The van der Waals surface area contributed by atoms with E-state index in [4.69, 9.17) is 4.74 Å². The van der Waals surface area contributed by atoms with Crippen LogP contribution in [0.3, 0.4) is 0 Å². The molecular formula is C21H24N2O4S. The fraction of sp³-hybridized carbons (Fsp3) is 0.286. The Morgan fingerprint density at radius 1 is 0.964 bits per heavy atom. The summed E-state index contributed by atoms with van der Waals surface area (Å²) in [5.74, 6) is -0.618. The van der Waals surface area contributed by atoms with Crippen LogP contribution in [0.5, 0.6) is 0 Å². The Morgan fingerprint density at radius 2 is 1.68 bits per heavy atom. The Balaban J connectivity index is 1.79. The number of esters is 1. The van der Waals surface area contributed by atoms with Gasteiger partial charge in [-0.1, -0.05) is 44.2 Å². The summed E-state index contributed by atoms with van der Waals surface area (Å²) in [6.07, 6.45) is 0.788. The molecule has 0 spiro atoms. The van der Waals surface area contributed by atoms with Gasteiger partial charge in [-0.25, -0.2) is 4.79 Å². The summed E-state index contributed by atoms with van der Waals surface area (Å²) < 4.78 is 5.07. The van der Waals surface area contributed by atoms with Gasteiger partial charge >= 0.3 is 5.97 Å². The number of amides is 2. The molecule has 0 unspecified atom stereocenters. The van der Waals surface area contributed by atoms with Gasteiger partial charge in [-0.3, -0.25) is 9.59 Å². The van der Waals surface area contributed by atoms with Crippen LogP contribution in [0.2, 0.25) is 0 Å². The summed E-state index contributed by atoms with van der Waals surface area (Å²) in [6, 6.07) is 14.6. The van der Waals surface area contributed by atoms with E-state index in [0.29, 0.717) is 5.56 Å². The van der Waals surface area contributed by atoms with Crippen molar-refractivity contribution in [1.82, 2.24) is 5.32 Å². The van der Waals surface area contributed by atoms with Gasteiger partial charge in [-0.05, 0) is 35.9 Å². The topological polar surface area (TPSA) is 84.5 Å². The molecule has 0 bridgehead atoms. The van der Waals surface area contributed by atoms with E-state index >= 15 is 0 Å². The molecule has 0 aliphatic heterocycles. The molecule has 0 heterocycles. The monoisotopic (exact) mass is 400 g/mol. The Bertz CT molecular complexity index is 839. The lowest BCUT2D eigenvalue weighted by molar-refractivity contribution is -0.126. The molecule has 0 aliphatic rings. The molecule has 0 radical (unpaired) electrons. The lowest BCUT2D eigenvalue weighted by atomic mass is 10.1. The van der Waals surface area contributed by atoms with Crippen molar-refractivity contribution >= 4 is 35.2 Å². The van der Waals surface area contributed by atoms with Crippen LogP contribution in [-0.4, -0.2) is 36.7 Å². The first kappa shape index (κ1) is 21.5. The van der Waals surface area contributed by atoms with E-state index in [1.807, 2.05) is 50.2 Å². The van der Waals surface area contributed by atoms with Crippen LogP contribution in [0, 0.1) is 0 Å². The number of hydrogen-bond donors (Lipinski definition) is 2. The van der Waals surface area contributed by atoms with Crippen molar-refractivity contribution in [1.29, 1.82) is 0 Å². The highest BCUT2D eigenvalue weighted by molar-refractivity contribution is 7.99. The average Bonchev–Trinajstić information content (AvgIpc) is 2.71. The average molecular weight is 401 g/mol. The maximum atomic E-state index is 12.2. The Labute approximate surface area is 169 Å². The predicted molar refractivity (Wildman–Crippen MR) is 111 cm³/mol. The smallest absolute Gasteiger partial charge is 0.339 e. The fourth-order valence-corrected chi connectivity index (χ4v) is 3.29. The van der Waals surface area contributed by atoms with E-state index in [1.54, 1.807) is 12.1 Å². The second-order valence-corrected chi connectivity index (χ2v) is 7.15. The van der Waals surface area contributed by atoms with Gasteiger partial charge in [0.25, 0.3) is 5.91 Å². The van der Waals surface area contributed by atoms with E-state index in [2.05, 4.69) is 10.6 Å². The molecule has 0 atom stereocenters. The minimum atomic E-state index is -0.562. The molecule has 2 N–H and O–H groups in total. The number of hydrogen-bond acceptors (Lipinski definition) is 5. The molecular weight excluding hydrogens is 376 g/mol. The number of ether oxygens (including phenoxy) is 1. The highest BCUT2D eigenvalue weighted by Crippen LogP contribution is 2.22. The van der Waals surface area contributed by atoms with Gasteiger partial charge in [-0.15, -0.1) is 11.8 Å². The molecule has 0 aliphatic carbocycles. The maximum Gasteiger partial charge on any atom is 0.339 e. The molecule has 7 heteroatoms. The van der Waals surface area contributed by atoms with Crippen LogP contribution in [0.25, 0.3) is 0 Å². The summed E-state index contributed by atoms with van der Waals surface area (Å²) in [4.78, 5) is 36.9. The predicted octanol–water partition coefficient (Wildman–Crippen LogP) is 3.27. The first-order valence-electron chi connectivity index (χ1n) is 9.08. The van der Waals surface area contributed by atoms with E-state index in [-0.39, 0.29) is 12.5 Å². The Morgan fingerprint density at radius 3 is 2.43 bits per heavy atom. The molecule has 2 amide bonds. The van der Waals surface area contributed by atoms with Crippen LogP contribution in [-0.2, 0) is 20.7 Å². The van der Waals surface area contributed by atoms with Crippen LogP contribution >= 0.6 is 11.8 Å². The third-order valence-corrected chi connectivity index (χ3v) is 4.82. The largest absolute Gasteiger partial charge is 0.452 e. The molecule has 6 nitrogen and oxygen atoms in total. The van der Waals surface area contributed by atoms with Crippen molar-refractivity contribution in [3.63, 3.8) is 0 Å². The maximum absolute atomic E-state index is 12.2. The number of para-hydroxylation sites is 1. The molecule has 0 saturated heterocycles. The zero-order valence-electron chi connectivity index (χ0n) is 16.0. The van der Waals surface area contributed by atoms with Gasteiger partial charge < -0.3 is 15.4 Å². The molecule has 0 aromatic heterocycles. The first-order valence-corrected chi connectivity index (χ1v) is 10.1. The van der Waals surface area contributed by atoms with Crippen molar-refractivity contribution < 1.29 is 19.1 Å². The third kappa shape index (κ3) is 6.42.